The van der Waals surface area contributed by atoms with Crippen LogP contribution in [-0.2, 0) is 23.9 Å². The van der Waals surface area contributed by atoms with Crippen molar-refractivity contribution in [2.75, 3.05) is 26.2 Å². The van der Waals surface area contributed by atoms with Crippen LogP contribution in [0.2, 0.25) is 0 Å². The van der Waals surface area contributed by atoms with Crippen molar-refractivity contribution < 1.29 is 18.0 Å². The summed E-state index contributed by atoms with van der Waals surface area (Å²) < 4.78 is 39.7. The zero-order valence-electron chi connectivity index (χ0n) is 19.4. The number of allylic oxidation sites excluding steroid dienone is 1. The van der Waals surface area contributed by atoms with Crippen molar-refractivity contribution in [3.8, 4) is 0 Å². The molecule has 0 aliphatic carbocycles. The Morgan fingerprint density at radius 2 is 2.12 bits per heavy atom. The highest BCUT2D eigenvalue weighted by Gasteiger charge is 2.32. The zero-order chi connectivity index (χ0) is 24.6. The summed E-state index contributed by atoms with van der Waals surface area (Å²) in [5.41, 5.74) is 1.54. The number of hydrogen-bond donors (Lipinski definition) is 2. The number of amides is 1. The van der Waals surface area contributed by atoms with Gasteiger partial charge in [-0.05, 0) is 41.0 Å². The molecule has 1 aromatic carbocycles. The van der Waals surface area contributed by atoms with Crippen LogP contribution in [0.3, 0.4) is 0 Å². The van der Waals surface area contributed by atoms with E-state index in [1.54, 1.807) is 0 Å². The second kappa shape index (κ2) is 11.9. The fourth-order valence-corrected chi connectivity index (χ4v) is 4.06. The normalized spacial score (nSPS) is 17.8. The van der Waals surface area contributed by atoms with Gasteiger partial charge in [-0.2, -0.15) is 13.2 Å². The molecule has 3 rings (SSSR count). The maximum atomic E-state index is 13.2. The monoisotopic (exact) mass is 472 g/mol. The minimum absolute atomic E-state index is 0.247. The number of alkyl halides is 3. The average molecular weight is 473 g/mol. The van der Waals surface area contributed by atoms with Gasteiger partial charge in [0.1, 0.15) is 0 Å². The lowest BCUT2D eigenvalue weighted by Crippen LogP contribution is -2.34. The molecule has 1 aliphatic rings. The molecule has 2 aromatic rings. The Balaban J connectivity index is 1.63. The molecule has 34 heavy (non-hydrogen) atoms. The number of carbonyl (C=O) groups excluding carboxylic acids is 1. The number of rotatable bonds is 10. The predicted molar refractivity (Wildman–Crippen MR) is 128 cm³/mol. The molecule has 1 atom stereocenters. The van der Waals surface area contributed by atoms with E-state index >= 15 is 0 Å². The third kappa shape index (κ3) is 7.27. The molecule has 1 unspecified atom stereocenters. The largest absolute Gasteiger partial charge is 0.417 e. The summed E-state index contributed by atoms with van der Waals surface area (Å²) in [6, 6.07) is 9.40. The van der Waals surface area contributed by atoms with Crippen molar-refractivity contribution in [2.24, 2.45) is 0 Å². The zero-order valence-corrected chi connectivity index (χ0v) is 19.4. The average Bonchev–Trinajstić information content (AvgIpc) is 3.25. The van der Waals surface area contributed by atoms with Crippen molar-refractivity contribution in [1.29, 1.82) is 0 Å². The van der Waals surface area contributed by atoms with Crippen LogP contribution in [0.5, 0.6) is 0 Å². The lowest BCUT2D eigenvalue weighted by atomic mass is 10.1. The fraction of sp³-hybridized carbons (Fsp3) is 0.385. The summed E-state index contributed by atoms with van der Waals surface area (Å²) in [6.45, 7) is 9.02. The first-order chi connectivity index (χ1) is 16.3. The molecule has 2 N–H and O–H groups in total. The number of nitrogens with one attached hydrogen (secondary N) is 2. The van der Waals surface area contributed by atoms with Crippen LogP contribution in [0, 0.1) is 0 Å². The number of halogens is 3. The Morgan fingerprint density at radius 3 is 2.82 bits per heavy atom. The Labute approximate surface area is 198 Å². The maximum Gasteiger partial charge on any atom is 0.417 e. The van der Waals surface area contributed by atoms with E-state index in [2.05, 4.69) is 39.2 Å². The van der Waals surface area contributed by atoms with Gasteiger partial charge in [0.2, 0.25) is 6.41 Å². The number of carbonyl (C=O) groups is 1. The third-order valence-electron chi connectivity index (χ3n) is 6.00. The van der Waals surface area contributed by atoms with Crippen molar-refractivity contribution >= 4 is 19.1 Å². The van der Waals surface area contributed by atoms with Gasteiger partial charge in [-0.25, -0.2) is 0 Å². The number of benzene rings is 1. The molecule has 182 valence electrons. The molecule has 1 fully saturated rings. The standard InChI is InChI=1S/C26H31F3N4O/c1-3-20(12-21-7-5-4-6-19(21)2)14-31-24-9-11-33(17-24)16-22-13-23(26(27,28)29)15-32-25(22)8-10-30-18-34/h3-7,12-13,15,18,24,31H,2,8-11,14,16-17H2,1H3,(H,30,34)/b20-3+,21-12-. The number of hydrogen-bond acceptors (Lipinski definition) is 4. The van der Waals surface area contributed by atoms with Crippen molar-refractivity contribution in [3.05, 3.63) is 75.4 Å². The summed E-state index contributed by atoms with van der Waals surface area (Å²) in [5, 5.41) is 8.18. The highest BCUT2D eigenvalue weighted by atomic mass is 19.4. The van der Waals surface area contributed by atoms with E-state index in [0.29, 0.717) is 43.7 Å². The Kier molecular flexibility index (Phi) is 9.01. The third-order valence-corrected chi connectivity index (χ3v) is 6.00. The predicted octanol–water partition coefficient (Wildman–Crippen LogP) is 2.39. The molecule has 1 amide bonds. The maximum absolute atomic E-state index is 13.2. The molecular formula is C26H31F3N4O. The quantitative estimate of drug-likeness (QED) is 0.412. The lowest BCUT2D eigenvalue weighted by molar-refractivity contribution is -0.137. The molecule has 0 spiro atoms. The smallest absolute Gasteiger partial charge is 0.358 e. The van der Waals surface area contributed by atoms with Gasteiger partial charge in [-0.3, -0.25) is 14.7 Å². The number of aromatic nitrogens is 1. The van der Waals surface area contributed by atoms with Crippen LogP contribution >= 0.6 is 0 Å². The van der Waals surface area contributed by atoms with E-state index in [-0.39, 0.29) is 6.04 Å². The van der Waals surface area contributed by atoms with E-state index in [9.17, 15) is 18.0 Å². The van der Waals surface area contributed by atoms with E-state index in [1.807, 2.05) is 31.2 Å². The van der Waals surface area contributed by atoms with Gasteiger partial charge >= 0.3 is 6.18 Å². The second-order valence-electron chi connectivity index (χ2n) is 8.46. The second-order valence-corrected chi connectivity index (χ2v) is 8.46. The summed E-state index contributed by atoms with van der Waals surface area (Å²) in [6.07, 6.45) is 2.49. The minimum Gasteiger partial charge on any atom is -0.358 e. The molecule has 1 aromatic heterocycles. The summed E-state index contributed by atoms with van der Waals surface area (Å²) >= 11 is 0. The van der Waals surface area contributed by atoms with E-state index in [1.165, 1.54) is 6.07 Å². The Bertz CT molecular complexity index is 1110. The van der Waals surface area contributed by atoms with Crippen LogP contribution < -0.4 is 21.1 Å². The number of pyridine rings is 1. The van der Waals surface area contributed by atoms with Crippen LogP contribution in [0.15, 0.2) is 48.2 Å². The molecular weight excluding hydrogens is 441 g/mol. The molecule has 0 bridgehead atoms. The number of nitrogens with zero attached hydrogens (tertiary/aromatic N) is 2. The van der Waals surface area contributed by atoms with Crippen molar-refractivity contribution in [2.45, 2.75) is 38.5 Å². The van der Waals surface area contributed by atoms with Gasteiger partial charge in [0.25, 0.3) is 0 Å². The fourth-order valence-electron chi connectivity index (χ4n) is 4.06. The molecule has 0 saturated carbocycles. The van der Waals surface area contributed by atoms with Crippen LogP contribution in [0.25, 0.3) is 12.7 Å². The molecule has 1 aliphatic heterocycles. The first-order valence-corrected chi connectivity index (χ1v) is 11.4. The molecule has 5 nitrogen and oxygen atoms in total. The first-order valence-electron chi connectivity index (χ1n) is 11.4. The number of likely N-dealkylation sites (tertiary alicyclic amines) is 1. The molecule has 2 heterocycles. The van der Waals surface area contributed by atoms with Crippen LogP contribution in [-0.4, -0.2) is 48.5 Å². The van der Waals surface area contributed by atoms with Gasteiger partial charge in [-0.1, -0.05) is 43.0 Å². The van der Waals surface area contributed by atoms with Gasteiger partial charge in [0.15, 0.2) is 0 Å². The summed E-state index contributed by atoms with van der Waals surface area (Å²) in [5.74, 6) is 0. The van der Waals surface area contributed by atoms with E-state index in [0.717, 1.165) is 41.7 Å². The molecule has 0 radical (unpaired) electrons. The SMILES string of the molecule is C=c1cccc/c1=C/C(=C\C)CNC1CCN(Cc2cc(C(F)(F)F)cnc2CCNC=O)C1. The van der Waals surface area contributed by atoms with Crippen LogP contribution in [0.4, 0.5) is 13.2 Å². The first kappa shape index (κ1) is 25.6. The molecule has 1 saturated heterocycles. The summed E-state index contributed by atoms with van der Waals surface area (Å²) in [7, 11) is 0. The van der Waals surface area contributed by atoms with Gasteiger partial charge in [0, 0.05) is 57.1 Å². The van der Waals surface area contributed by atoms with Crippen molar-refractivity contribution in [3.63, 3.8) is 0 Å². The van der Waals surface area contributed by atoms with Gasteiger partial charge in [0.05, 0.1) is 5.56 Å². The highest BCUT2D eigenvalue weighted by Crippen LogP contribution is 2.30. The lowest BCUT2D eigenvalue weighted by Gasteiger charge is -2.20. The van der Waals surface area contributed by atoms with Gasteiger partial charge < -0.3 is 10.6 Å². The van der Waals surface area contributed by atoms with Crippen LogP contribution in [0.1, 0.15) is 30.2 Å². The minimum atomic E-state index is -4.44. The molecule has 8 heteroatoms. The van der Waals surface area contributed by atoms with Gasteiger partial charge in [-0.15, -0.1) is 0 Å². The summed E-state index contributed by atoms with van der Waals surface area (Å²) in [4.78, 5) is 16.7. The Morgan fingerprint density at radius 1 is 1.32 bits per heavy atom. The van der Waals surface area contributed by atoms with Crippen molar-refractivity contribution in [1.82, 2.24) is 20.5 Å². The topological polar surface area (TPSA) is 57.3 Å². The van der Waals surface area contributed by atoms with E-state index in [4.69, 9.17) is 0 Å². The highest BCUT2D eigenvalue weighted by molar-refractivity contribution is 5.47. The van der Waals surface area contributed by atoms with E-state index < -0.39 is 11.7 Å². The Hall–Kier alpha value is -2.97.